The van der Waals surface area contributed by atoms with Gasteiger partial charge in [-0.3, -0.25) is 0 Å². The molecule has 1 heteroatoms. The van der Waals surface area contributed by atoms with Crippen LogP contribution in [0.15, 0.2) is 24.4 Å². The maximum atomic E-state index is 2.31. The zero-order chi connectivity index (χ0) is 16.5. The molecule has 1 nitrogen and oxygen atoms in total. The van der Waals surface area contributed by atoms with Crippen LogP contribution < -0.4 is 0 Å². The van der Waals surface area contributed by atoms with Gasteiger partial charge in [-0.05, 0) is 18.9 Å². The molecule has 0 amide bonds. The highest BCUT2D eigenvalue weighted by molar-refractivity contribution is 4.99. The van der Waals surface area contributed by atoms with Crippen LogP contribution in [0.2, 0.25) is 0 Å². The topological polar surface area (TPSA) is 0 Å². The molecule has 22 heavy (non-hydrogen) atoms. The molecule has 0 radical (unpaired) electrons. The van der Waals surface area contributed by atoms with Crippen LogP contribution >= 0.6 is 0 Å². The molecule has 0 aromatic rings. The molecule has 0 rings (SSSR count). The summed E-state index contributed by atoms with van der Waals surface area (Å²) in [7, 11) is 6.53. The molecule has 0 aliphatic carbocycles. The van der Waals surface area contributed by atoms with Crippen molar-refractivity contribution in [1.29, 1.82) is 0 Å². The highest BCUT2D eigenvalue weighted by atomic mass is 15.3. The first kappa shape index (κ1) is 21.4. The molecular formula is C21H42N+. The smallest absolute Gasteiger partial charge is 0.0952 e. The second-order valence-electron chi connectivity index (χ2n) is 7.56. The number of unbranched alkanes of at least 4 members (excludes halogenated alkanes) is 12. The Labute approximate surface area is 141 Å². The van der Waals surface area contributed by atoms with E-state index in [1.165, 1.54) is 83.5 Å². The highest BCUT2D eigenvalue weighted by Gasteiger charge is 1.97. The molecule has 0 N–H and O–H groups in total. The minimum atomic E-state index is 0.892. The summed E-state index contributed by atoms with van der Waals surface area (Å²) in [4.78, 5) is 0. The summed E-state index contributed by atoms with van der Waals surface area (Å²) in [6.45, 7) is 2.29. The largest absolute Gasteiger partial charge is 0.305 e. The number of hydrogen-bond donors (Lipinski definition) is 0. The summed E-state index contributed by atoms with van der Waals surface area (Å²) in [6, 6.07) is 0. The molecule has 0 aromatic heterocycles. The highest BCUT2D eigenvalue weighted by Crippen LogP contribution is 2.12. The first-order chi connectivity index (χ1) is 10.6. The molecule has 0 spiro atoms. The van der Waals surface area contributed by atoms with E-state index in [0.29, 0.717) is 0 Å². The number of allylic oxidation sites excluding steroid dienone is 3. The molecule has 0 saturated heterocycles. The Morgan fingerprint density at radius 1 is 0.591 bits per heavy atom. The lowest BCUT2D eigenvalue weighted by atomic mass is 10.0. The second-order valence-corrected chi connectivity index (χ2v) is 7.56. The molecule has 0 aromatic carbocycles. The minimum absolute atomic E-state index is 0.892. The fourth-order valence-corrected chi connectivity index (χ4v) is 2.59. The monoisotopic (exact) mass is 308 g/mol. The predicted molar refractivity (Wildman–Crippen MR) is 102 cm³/mol. The molecular weight excluding hydrogens is 266 g/mol. The van der Waals surface area contributed by atoms with Crippen LogP contribution in [0, 0.1) is 0 Å². The third-order valence-corrected chi connectivity index (χ3v) is 4.00. The van der Waals surface area contributed by atoms with Crippen LogP contribution in [0.4, 0.5) is 0 Å². The van der Waals surface area contributed by atoms with E-state index >= 15 is 0 Å². The predicted octanol–water partition coefficient (Wildman–Crippen LogP) is 6.85. The number of nitrogens with zero attached hydrogens (tertiary/aromatic N) is 1. The number of quaternary nitrogens is 1. The van der Waals surface area contributed by atoms with Gasteiger partial charge in [0.15, 0.2) is 0 Å². The fourth-order valence-electron chi connectivity index (χ4n) is 2.59. The molecule has 130 valence electrons. The van der Waals surface area contributed by atoms with E-state index < -0.39 is 0 Å². The van der Waals surface area contributed by atoms with Gasteiger partial charge in [0, 0.05) is 0 Å². The van der Waals surface area contributed by atoms with Gasteiger partial charge in [0.25, 0.3) is 0 Å². The summed E-state index contributed by atoms with van der Waals surface area (Å²) < 4.78 is 0.892. The molecule has 0 atom stereocenters. The van der Waals surface area contributed by atoms with Crippen molar-refractivity contribution >= 4 is 0 Å². The second kappa shape index (κ2) is 15.3. The van der Waals surface area contributed by atoms with Crippen molar-refractivity contribution in [3.8, 4) is 0 Å². The van der Waals surface area contributed by atoms with Crippen molar-refractivity contribution in [2.75, 3.05) is 21.1 Å². The van der Waals surface area contributed by atoms with Gasteiger partial charge in [-0.25, -0.2) is 0 Å². The molecule has 0 fully saturated rings. The van der Waals surface area contributed by atoms with Crippen molar-refractivity contribution in [2.24, 2.45) is 0 Å². The average molecular weight is 309 g/mol. The Bertz CT molecular complexity index is 270. The Balaban J connectivity index is 3.17. The van der Waals surface area contributed by atoms with E-state index in [9.17, 15) is 0 Å². The van der Waals surface area contributed by atoms with Crippen molar-refractivity contribution in [3.05, 3.63) is 24.4 Å². The quantitative estimate of drug-likeness (QED) is 0.176. The Morgan fingerprint density at radius 2 is 1.05 bits per heavy atom. The molecule has 0 unspecified atom stereocenters. The SMILES string of the molecule is CCCCCCCCCCCCCCC=CC=C[N+](C)(C)C. The van der Waals surface area contributed by atoms with Gasteiger partial charge in [0.05, 0.1) is 27.3 Å². The summed E-state index contributed by atoms with van der Waals surface area (Å²) in [6.07, 6.45) is 27.3. The van der Waals surface area contributed by atoms with Crippen molar-refractivity contribution in [2.45, 2.75) is 90.4 Å². The van der Waals surface area contributed by atoms with E-state index in [-0.39, 0.29) is 0 Å². The van der Waals surface area contributed by atoms with E-state index in [2.05, 4.69) is 52.5 Å². The maximum absolute atomic E-state index is 2.31. The standard InChI is InChI=1S/C21H42N/c1-5-6-7-8-9-10-11-12-13-14-15-16-17-18-19-20-21-22(2,3)4/h18-21H,5-17H2,1-4H3/q+1. The van der Waals surface area contributed by atoms with Gasteiger partial charge >= 0.3 is 0 Å². The Kier molecular flexibility index (Phi) is 14.9. The van der Waals surface area contributed by atoms with Gasteiger partial charge < -0.3 is 4.48 Å². The average Bonchev–Trinajstić information content (AvgIpc) is 2.45. The minimum Gasteiger partial charge on any atom is -0.305 e. The Morgan fingerprint density at radius 3 is 1.50 bits per heavy atom. The fraction of sp³-hybridized carbons (Fsp3) is 0.810. The summed E-state index contributed by atoms with van der Waals surface area (Å²) >= 11 is 0. The first-order valence-electron chi connectivity index (χ1n) is 9.72. The van der Waals surface area contributed by atoms with Crippen LogP contribution in [0.1, 0.15) is 90.4 Å². The lowest BCUT2D eigenvalue weighted by Gasteiger charge is -2.16. The molecule has 0 heterocycles. The van der Waals surface area contributed by atoms with E-state index in [1.54, 1.807) is 0 Å². The normalized spacial score (nSPS) is 12.7. The van der Waals surface area contributed by atoms with Gasteiger partial charge in [0.2, 0.25) is 0 Å². The number of hydrogen-bond acceptors (Lipinski definition) is 0. The van der Waals surface area contributed by atoms with Gasteiger partial charge in [-0.15, -0.1) is 0 Å². The zero-order valence-corrected chi connectivity index (χ0v) is 15.9. The summed E-state index contributed by atoms with van der Waals surface area (Å²) in [5.41, 5.74) is 0. The summed E-state index contributed by atoms with van der Waals surface area (Å²) in [5, 5.41) is 0. The van der Waals surface area contributed by atoms with Crippen LogP contribution in [0.25, 0.3) is 0 Å². The molecule has 0 saturated carbocycles. The van der Waals surface area contributed by atoms with E-state index in [4.69, 9.17) is 0 Å². The van der Waals surface area contributed by atoms with Crippen LogP contribution in [-0.4, -0.2) is 25.6 Å². The van der Waals surface area contributed by atoms with E-state index in [0.717, 1.165) is 4.48 Å². The van der Waals surface area contributed by atoms with Gasteiger partial charge in [0.1, 0.15) is 0 Å². The van der Waals surface area contributed by atoms with Crippen molar-refractivity contribution < 1.29 is 4.48 Å². The van der Waals surface area contributed by atoms with Crippen LogP contribution in [-0.2, 0) is 0 Å². The third kappa shape index (κ3) is 19.4. The first-order valence-corrected chi connectivity index (χ1v) is 9.72. The molecule has 0 aliphatic rings. The van der Waals surface area contributed by atoms with E-state index in [1.807, 2.05) is 0 Å². The number of rotatable bonds is 15. The van der Waals surface area contributed by atoms with Gasteiger partial charge in [-0.2, -0.15) is 0 Å². The van der Waals surface area contributed by atoms with Crippen molar-refractivity contribution in [3.63, 3.8) is 0 Å². The Hall–Kier alpha value is -0.560. The lowest BCUT2D eigenvalue weighted by molar-refractivity contribution is -0.817. The zero-order valence-electron chi connectivity index (χ0n) is 15.9. The maximum Gasteiger partial charge on any atom is 0.0952 e. The van der Waals surface area contributed by atoms with Crippen LogP contribution in [0.5, 0.6) is 0 Å². The summed E-state index contributed by atoms with van der Waals surface area (Å²) in [5.74, 6) is 0. The van der Waals surface area contributed by atoms with Crippen LogP contribution in [0.3, 0.4) is 0 Å². The van der Waals surface area contributed by atoms with Crippen molar-refractivity contribution in [1.82, 2.24) is 0 Å². The lowest BCUT2D eigenvalue weighted by Crippen LogP contribution is -2.26. The third-order valence-electron chi connectivity index (χ3n) is 4.00. The molecule has 0 aliphatic heterocycles. The van der Waals surface area contributed by atoms with Gasteiger partial charge in [-0.1, -0.05) is 89.7 Å². The molecule has 0 bridgehead atoms.